The third-order valence-electron chi connectivity index (χ3n) is 6.78. The fraction of sp³-hybridized carbons (Fsp3) is 0.966. The number of esters is 1. The van der Waals surface area contributed by atoms with E-state index in [9.17, 15) is 4.79 Å². The first-order valence-corrected chi connectivity index (χ1v) is 14.7. The van der Waals surface area contributed by atoms with Crippen molar-refractivity contribution in [1.82, 2.24) is 4.90 Å². The Morgan fingerprint density at radius 2 is 1.15 bits per heavy atom. The van der Waals surface area contributed by atoms with Crippen molar-refractivity contribution in [3.63, 3.8) is 0 Å². The van der Waals surface area contributed by atoms with E-state index in [1.54, 1.807) is 0 Å². The molecule has 0 rings (SSSR count). The molecule has 0 aliphatic heterocycles. The van der Waals surface area contributed by atoms with Gasteiger partial charge in [-0.05, 0) is 51.6 Å². The number of nitrogens with zero attached hydrogens (tertiary/aromatic N) is 1. The molecular formula is C29H59NO3. The molecule has 0 atom stereocenters. The molecule has 0 aromatic heterocycles. The van der Waals surface area contributed by atoms with Gasteiger partial charge in [-0.15, -0.1) is 0 Å². The predicted octanol–water partition coefficient (Wildman–Crippen LogP) is 8.05. The molecule has 0 aromatic rings. The summed E-state index contributed by atoms with van der Waals surface area (Å²) in [6.07, 6.45) is 24.0. The van der Waals surface area contributed by atoms with Gasteiger partial charge in [0.1, 0.15) is 6.10 Å². The van der Waals surface area contributed by atoms with Crippen LogP contribution < -0.4 is 0 Å². The van der Waals surface area contributed by atoms with Crippen LogP contribution in [0.3, 0.4) is 0 Å². The lowest BCUT2D eigenvalue weighted by atomic mass is 10.0. The number of likely N-dealkylation sites (N-methyl/N-ethyl adjacent to an activating group) is 1. The average Bonchev–Trinajstić information content (AvgIpc) is 2.81. The molecule has 198 valence electrons. The minimum Gasteiger partial charge on any atom is -0.462 e. The maximum absolute atomic E-state index is 12.4. The van der Waals surface area contributed by atoms with Crippen molar-refractivity contribution < 1.29 is 14.6 Å². The van der Waals surface area contributed by atoms with Gasteiger partial charge in [0.2, 0.25) is 0 Å². The SMILES string of the molecule is CCCCCCCCC(CCCCCCCC)OC(=O)CCCCCCCN(CC)CCO. The lowest BCUT2D eigenvalue weighted by Gasteiger charge is -2.19. The van der Waals surface area contributed by atoms with Crippen molar-refractivity contribution in [1.29, 1.82) is 0 Å². The second-order valence-corrected chi connectivity index (χ2v) is 9.90. The molecule has 0 aliphatic carbocycles. The van der Waals surface area contributed by atoms with E-state index in [0.29, 0.717) is 6.42 Å². The standard InChI is InChI=1S/C29H59NO3/c1-4-7-9-11-14-18-22-28(23-19-15-12-10-8-5-2)33-29(32)24-20-16-13-17-21-25-30(6-3)26-27-31/h28,31H,4-27H2,1-3H3. The Morgan fingerprint density at radius 3 is 1.67 bits per heavy atom. The van der Waals surface area contributed by atoms with Crippen LogP contribution in [-0.4, -0.2) is 48.3 Å². The highest BCUT2D eigenvalue weighted by atomic mass is 16.5. The van der Waals surface area contributed by atoms with Gasteiger partial charge in [0.25, 0.3) is 0 Å². The monoisotopic (exact) mass is 469 g/mol. The van der Waals surface area contributed by atoms with Gasteiger partial charge < -0.3 is 14.7 Å². The van der Waals surface area contributed by atoms with E-state index in [0.717, 1.165) is 45.3 Å². The third kappa shape index (κ3) is 22.9. The van der Waals surface area contributed by atoms with Crippen LogP contribution in [0.5, 0.6) is 0 Å². The summed E-state index contributed by atoms with van der Waals surface area (Å²) in [6.45, 7) is 9.76. The number of ether oxygens (including phenoxy) is 1. The molecule has 4 nitrogen and oxygen atoms in total. The largest absolute Gasteiger partial charge is 0.462 e. The highest BCUT2D eigenvalue weighted by molar-refractivity contribution is 5.69. The molecule has 0 heterocycles. The minimum atomic E-state index is 0.0251. The number of carbonyl (C=O) groups is 1. The van der Waals surface area contributed by atoms with Crippen molar-refractivity contribution in [2.24, 2.45) is 0 Å². The summed E-state index contributed by atoms with van der Waals surface area (Å²) in [5.41, 5.74) is 0. The zero-order chi connectivity index (χ0) is 24.4. The molecule has 0 aromatic carbocycles. The molecule has 0 radical (unpaired) electrons. The normalized spacial score (nSPS) is 11.6. The zero-order valence-corrected chi connectivity index (χ0v) is 22.8. The number of rotatable bonds is 26. The van der Waals surface area contributed by atoms with Crippen molar-refractivity contribution in [3.8, 4) is 0 Å². The summed E-state index contributed by atoms with van der Waals surface area (Å²) in [5.74, 6) is 0.0251. The summed E-state index contributed by atoms with van der Waals surface area (Å²) in [5, 5.41) is 9.05. The van der Waals surface area contributed by atoms with Gasteiger partial charge in [-0.2, -0.15) is 0 Å². The second-order valence-electron chi connectivity index (χ2n) is 9.90. The van der Waals surface area contributed by atoms with Crippen LogP contribution in [0.2, 0.25) is 0 Å². The van der Waals surface area contributed by atoms with Gasteiger partial charge in [0.15, 0.2) is 0 Å². The smallest absolute Gasteiger partial charge is 0.306 e. The Morgan fingerprint density at radius 1 is 0.667 bits per heavy atom. The summed E-state index contributed by atoms with van der Waals surface area (Å²) in [6, 6.07) is 0. The first-order chi connectivity index (χ1) is 16.2. The van der Waals surface area contributed by atoms with E-state index in [2.05, 4.69) is 25.7 Å². The van der Waals surface area contributed by atoms with Gasteiger partial charge in [-0.1, -0.05) is 104 Å². The molecule has 0 aliphatic rings. The lowest BCUT2D eigenvalue weighted by molar-refractivity contribution is -0.150. The molecule has 0 fully saturated rings. The fourth-order valence-corrected chi connectivity index (χ4v) is 4.52. The Kier molecular flexibility index (Phi) is 25.5. The van der Waals surface area contributed by atoms with Gasteiger partial charge in [-0.3, -0.25) is 4.79 Å². The molecule has 0 saturated carbocycles. The summed E-state index contributed by atoms with van der Waals surface area (Å²) in [4.78, 5) is 14.7. The molecule has 33 heavy (non-hydrogen) atoms. The van der Waals surface area contributed by atoms with E-state index < -0.39 is 0 Å². The summed E-state index contributed by atoms with van der Waals surface area (Å²) < 4.78 is 5.94. The lowest BCUT2D eigenvalue weighted by Crippen LogP contribution is -2.27. The first-order valence-electron chi connectivity index (χ1n) is 14.7. The molecule has 0 spiro atoms. The summed E-state index contributed by atoms with van der Waals surface area (Å²) >= 11 is 0. The van der Waals surface area contributed by atoms with Crippen molar-refractivity contribution >= 4 is 5.97 Å². The van der Waals surface area contributed by atoms with Gasteiger partial charge in [-0.25, -0.2) is 0 Å². The zero-order valence-electron chi connectivity index (χ0n) is 22.8. The predicted molar refractivity (Wildman–Crippen MR) is 143 cm³/mol. The fourth-order valence-electron chi connectivity index (χ4n) is 4.52. The molecule has 1 N–H and O–H groups in total. The molecular weight excluding hydrogens is 410 g/mol. The van der Waals surface area contributed by atoms with Crippen molar-refractivity contribution in [2.45, 2.75) is 155 Å². The number of carbonyl (C=O) groups excluding carboxylic acids is 1. The van der Waals surface area contributed by atoms with Crippen molar-refractivity contribution in [2.75, 3.05) is 26.2 Å². The molecule has 4 heteroatoms. The molecule has 0 saturated heterocycles. The summed E-state index contributed by atoms with van der Waals surface area (Å²) in [7, 11) is 0. The highest BCUT2D eigenvalue weighted by Crippen LogP contribution is 2.18. The van der Waals surface area contributed by atoms with Crippen LogP contribution in [-0.2, 0) is 9.53 Å². The molecule has 0 unspecified atom stereocenters. The van der Waals surface area contributed by atoms with Gasteiger partial charge in [0, 0.05) is 13.0 Å². The average molecular weight is 470 g/mol. The molecule has 0 amide bonds. The molecule has 0 bridgehead atoms. The van der Waals surface area contributed by atoms with Crippen LogP contribution in [0.1, 0.15) is 149 Å². The maximum Gasteiger partial charge on any atom is 0.306 e. The van der Waals surface area contributed by atoms with E-state index in [4.69, 9.17) is 9.84 Å². The number of hydrogen-bond donors (Lipinski definition) is 1. The number of hydrogen-bond acceptors (Lipinski definition) is 4. The maximum atomic E-state index is 12.4. The van der Waals surface area contributed by atoms with Crippen LogP contribution >= 0.6 is 0 Å². The van der Waals surface area contributed by atoms with E-state index in [-0.39, 0.29) is 18.7 Å². The first kappa shape index (κ1) is 32.4. The highest BCUT2D eigenvalue weighted by Gasteiger charge is 2.14. The number of aliphatic hydroxyl groups is 1. The van der Waals surface area contributed by atoms with Crippen molar-refractivity contribution in [3.05, 3.63) is 0 Å². The van der Waals surface area contributed by atoms with Gasteiger partial charge in [0.05, 0.1) is 6.61 Å². The van der Waals surface area contributed by atoms with Crippen LogP contribution in [0.15, 0.2) is 0 Å². The Labute approximate surface area is 207 Å². The third-order valence-corrected chi connectivity index (χ3v) is 6.78. The Hall–Kier alpha value is -0.610. The van der Waals surface area contributed by atoms with Gasteiger partial charge >= 0.3 is 5.97 Å². The van der Waals surface area contributed by atoms with Crippen LogP contribution in [0.25, 0.3) is 0 Å². The van der Waals surface area contributed by atoms with Crippen LogP contribution in [0, 0.1) is 0 Å². The second kappa shape index (κ2) is 26.0. The Bertz CT molecular complexity index is 386. The Balaban J connectivity index is 4.01. The number of aliphatic hydroxyl groups excluding tert-OH is 1. The van der Waals surface area contributed by atoms with E-state index in [1.165, 1.54) is 96.3 Å². The number of unbranched alkanes of at least 4 members (excludes halogenated alkanes) is 14. The topological polar surface area (TPSA) is 49.8 Å². The quantitative estimate of drug-likeness (QED) is 0.103. The van der Waals surface area contributed by atoms with E-state index >= 15 is 0 Å². The van der Waals surface area contributed by atoms with E-state index in [1.807, 2.05) is 0 Å². The van der Waals surface area contributed by atoms with Crippen LogP contribution in [0.4, 0.5) is 0 Å². The minimum absolute atomic E-state index is 0.0251.